The number of nitrogens with one attached hydrogen (secondary N) is 1. The van der Waals surface area contributed by atoms with Gasteiger partial charge in [-0.1, -0.05) is 36.4 Å². The van der Waals surface area contributed by atoms with E-state index in [0.29, 0.717) is 19.2 Å². The average molecular weight is 425 g/mol. The Labute approximate surface area is 186 Å². The molecule has 0 radical (unpaired) electrons. The Morgan fingerprint density at radius 3 is 2.58 bits per heavy atom. The van der Waals surface area contributed by atoms with Gasteiger partial charge in [-0.3, -0.25) is 4.90 Å². The number of nitrogens with zero attached hydrogens (tertiary/aromatic N) is 1. The minimum absolute atomic E-state index is 0.108. The molecule has 2 N–H and O–H groups in total. The highest BCUT2D eigenvalue weighted by Gasteiger charge is 2.24. The lowest BCUT2D eigenvalue weighted by Crippen LogP contribution is -2.38. The smallest absolute Gasteiger partial charge is 0.118 e. The van der Waals surface area contributed by atoms with E-state index in [9.17, 15) is 5.11 Å². The zero-order valence-corrected chi connectivity index (χ0v) is 18.6. The highest BCUT2D eigenvalue weighted by atomic mass is 16.5. The van der Waals surface area contributed by atoms with E-state index < -0.39 is 6.10 Å². The van der Waals surface area contributed by atoms with Crippen molar-refractivity contribution in [1.82, 2.24) is 10.2 Å². The molecule has 0 unspecified atom stereocenters. The predicted molar refractivity (Wildman–Crippen MR) is 123 cm³/mol. The molecule has 168 valence electrons. The molecule has 2 aromatic carbocycles. The van der Waals surface area contributed by atoms with Crippen molar-refractivity contribution in [2.75, 3.05) is 39.9 Å². The lowest BCUT2D eigenvalue weighted by molar-refractivity contribution is -0.0170. The summed E-state index contributed by atoms with van der Waals surface area (Å²) in [5, 5.41) is 14.0. The van der Waals surface area contributed by atoms with Crippen LogP contribution in [0.15, 0.2) is 48.5 Å². The van der Waals surface area contributed by atoms with Crippen LogP contribution in [-0.4, -0.2) is 56.0 Å². The molecule has 4 rings (SSSR count). The maximum absolute atomic E-state index is 10.5. The predicted octanol–water partition coefficient (Wildman–Crippen LogP) is 3.88. The summed E-state index contributed by atoms with van der Waals surface area (Å²) < 4.78 is 11.4. The van der Waals surface area contributed by atoms with Gasteiger partial charge in [0.25, 0.3) is 0 Å². The van der Waals surface area contributed by atoms with E-state index in [1.54, 1.807) is 7.11 Å². The fraction of sp³-hybridized carbons (Fsp3) is 0.538. The monoisotopic (exact) mass is 424 g/mol. The maximum Gasteiger partial charge on any atom is 0.118 e. The largest absolute Gasteiger partial charge is 0.497 e. The molecule has 1 aliphatic carbocycles. The number of rotatable bonds is 10. The van der Waals surface area contributed by atoms with Crippen LogP contribution >= 0.6 is 0 Å². The SMILES string of the molecule is COc1ccc([C@H](CNC[C@@H](O)CO[C@@H]2CCCc3ccccc32)N2CCCC2)cc1. The third kappa shape index (κ3) is 5.86. The number of hydrogen-bond acceptors (Lipinski definition) is 5. The van der Waals surface area contributed by atoms with Crippen molar-refractivity contribution >= 4 is 0 Å². The van der Waals surface area contributed by atoms with Crippen molar-refractivity contribution in [1.29, 1.82) is 0 Å². The number of hydrogen-bond donors (Lipinski definition) is 2. The minimum Gasteiger partial charge on any atom is -0.497 e. The van der Waals surface area contributed by atoms with E-state index >= 15 is 0 Å². The van der Waals surface area contributed by atoms with Crippen LogP contribution in [0.2, 0.25) is 0 Å². The number of ether oxygens (including phenoxy) is 2. The van der Waals surface area contributed by atoms with Gasteiger partial charge in [-0.2, -0.15) is 0 Å². The van der Waals surface area contributed by atoms with Gasteiger partial charge in [-0.15, -0.1) is 0 Å². The zero-order valence-electron chi connectivity index (χ0n) is 18.6. The number of likely N-dealkylation sites (tertiary alicyclic amines) is 1. The van der Waals surface area contributed by atoms with E-state index in [1.807, 2.05) is 12.1 Å². The normalized spacial score (nSPS) is 20.9. The van der Waals surface area contributed by atoms with E-state index in [4.69, 9.17) is 9.47 Å². The molecule has 1 fully saturated rings. The molecule has 2 aromatic rings. The second kappa shape index (κ2) is 11.1. The van der Waals surface area contributed by atoms with Crippen LogP contribution in [0.25, 0.3) is 0 Å². The molecule has 1 aliphatic heterocycles. The second-order valence-electron chi connectivity index (χ2n) is 8.76. The Kier molecular flexibility index (Phi) is 7.97. The van der Waals surface area contributed by atoms with E-state index in [0.717, 1.165) is 44.6 Å². The third-order valence-corrected chi connectivity index (χ3v) is 6.60. The zero-order chi connectivity index (χ0) is 21.5. The Morgan fingerprint density at radius 2 is 1.81 bits per heavy atom. The molecular weight excluding hydrogens is 388 g/mol. The number of aliphatic hydroxyl groups excluding tert-OH is 1. The van der Waals surface area contributed by atoms with E-state index in [1.165, 1.54) is 29.5 Å². The van der Waals surface area contributed by atoms with Crippen LogP contribution in [0.1, 0.15) is 54.5 Å². The summed E-state index contributed by atoms with van der Waals surface area (Å²) in [5.41, 5.74) is 3.97. The van der Waals surface area contributed by atoms with Gasteiger partial charge >= 0.3 is 0 Å². The molecule has 0 saturated carbocycles. The number of benzene rings is 2. The molecule has 0 bridgehead atoms. The van der Waals surface area contributed by atoms with Gasteiger partial charge in [-0.25, -0.2) is 0 Å². The molecule has 1 heterocycles. The summed E-state index contributed by atoms with van der Waals surface area (Å²) in [6, 6.07) is 17.2. The van der Waals surface area contributed by atoms with Gasteiger partial charge in [0, 0.05) is 19.1 Å². The highest BCUT2D eigenvalue weighted by Crippen LogP contribution is 2.32. The molecule has 0 amide bonds. The first-order chi connectivity index (χ1) is 15.2. The van der Waals surface area contributed by atoms with Crippen LogP contribution in [0.4, 0.5) is 0 Å². The maximum atomic E-state index is 10.5. The van der Waals surface area contributed by atoms with Gasteiger partial charge in [0.15, 0.2) is 0 Å². The summed E-state index contributed by atoms with van der Waals surface area (Å²) in [4.78, 5) is 2.54. The molecule has 0 spiro atoms. The molecule has 2 aliphatic rings. The lowest BCUT2D eigenvalue weighted by Gasteiger charge is -2.29. The Hall–Kier alpha value is -1.92. The van der Waals surface area contributed by atoms with Crippen LogP contribution < -0.4 is 10.1 Å². The summed E-state index contributed by atoms with van der Waals surface area (Å²) >= 11 is 0. The Bertz CT molecular complexity index is 805. The van der Waals surface area contributed by atoms with Gasteiger partial charge < -0.3 is 19.9 Å². The van der Waals surface area contributed by atoms with Crippen LogP contribution in [0.5, 0.6) is 5.75 Å². The van der Waals surface area contributed by atoms with E-state index in [-0.39, 0.29) is 6.10 Å². The standard InChI is InChI=1S/C26H36N2O3/c1-30-23-13-11-21(12-14-23)25(28-15-4-5-16-28)18-27-17-22(29)19-31-26-10-6-8-20-7-2-3-9-24(20)26/h2-3,7,9,11-14,22,25-27,29H,4-6,8,10,15-19H2,1H3/t22-,25+,26-/m1/s1. The van der Waals surface area contributed by atoms with Crippen molar-refractivity contribution in [2.24, 2.45) is 0 Å². The van der Waals surface area contributed by atoms with Crippen molar-refractivity contribution in [3.8, 4) is 5.75 Å². The van der Waals surface area contributed by atoms with Crippen molar-refractivity contribution in [3.63, 3.8) is 0 Å². The first-order valence-electron chi connectivity index (χ1n) is 11.7. The molecule has 3 atom stereocenters. The van der Waals surface area contributed by atoms with Crippen LogP contribution in [0, 0.1) is 0 Å². The number of aryl methyl sites for hydroxylation is 1. The van der Waals surface area contributed by atoms with Crippen molar-refractivity contribution < 1.29 is 14.6 Å². The quantitative estimate of drug-likeness (QED) is 0.606. The minimum atomic E-state index is -0.510. The summed E-state index contributed by atoms with van der Waals surface area (Å²) in [6.45, 7) is 3.98. The third-order valence-electron chi connectivity index (χ3n) is 6.60. The first kappa shape index (κ1) is 22.3. The topological polar surface area (TPSA) is 54.0 Å². The Morgan fingerprint density at radius 1 is 1.03 bits per heavy atom. The molecule has 5 heteroatoms. The summed E-state index contributed by atoms with van der Waals surface area (Å²) in [7, 11) is 1.70. The molecule has 31 heavy (non-hydrogen) atoms. The lowest BCUT2D eigenvalue weighted by atomic mass is 9.89. The number of methoxy groups -OCH3 is 1. The van der Waals surface area contributed by atoms with Crippen molar-refractivity contribution in [2.45, 2.75) is 50.4 Å². The van der Waals surface area contributed by atoms with Gasteiger partial charge in [0.1, 0.15) is 5.75 Å². The Balaban J connectivity index is 1.27. The summed E-state index contributed by atoms with van der Waals surface area (Å²) in [6.07, 6.45) is 5.42. The summed E-state index contributed by atoms with van der Waals surface area (Å²) in [5.74, 6) is 0.883. The van der Waals surface area contributed by atoms with Crippen LogP contribution in [-0.2, 0) is 11.2 Å². The number of aliphatic hydroxyl groups is 1. The van der Waals surface area contributed by atoms with Gasteiger partial charge in [-0.05, 0) is 74.0 Å². The molecular formula is C26H36N2O3. The van der Waals surface area contributed by atoms with Crippen LogP contribution in [0.3, 0.4) is 0 Å². The fourth-order valence-electron chi connectivity index (χ4n) is 4.89. The molecule has 0 aromatic heterocycles. The number of fused-ring (bicyclic) bond motifs is 1. The van der Waals surface area contributed by atoms with Crippen molar-refractivity contribution in [3.05, 3.63) is 65.2 Å². The van der Waals surface area contributed by atoms with E-state index in [2.05, 4.69) is 46.6 Å². The van der Waals surface area contributed by atoms with Gasteiger partial charge in [0.05, 0.1) is 25.9 Å². The first-order valence-corrected chi connectivity index (χ1v) is 11.7. The molecule has 5 nitrogen and oxygen atoms in total. The molecule has 1 saturated heterocycles. The second-order valence-corrected chi connectivity index (χ2v) is 8.76. The highest BCUT2D eigenvalue weighted by molar-refractivity contribution is 5.31. The fourth-order valence-corrected chi connectivity index (χ4v) is 4.89. The van der Waals surface area contributed by atoms with Gasteiger partial charge in [0.2, 0.25) is 0 Å². The average Bonchev–Trinajstić information content (AvgIpc) is 3.35.